The molecular weight excluding hydrogens is 323 g/mol. The zero-order chi connectivity index (χ0) is 17.4. The second-order valence-corrected chi connectivity index (χ2v) is 5.90. The molecule has 7 heteroatoms. The molecule has 1 atom stereocenters. The molecule has 2 amide bonds. The van der Waals surface area contributed by atoms with Gasteiger partial charge in [0.1, 0.15) is 11.9 Å². The summed E-state index contributed by atoms with van der Waals surface area (Å²) in [6.07, 6.45) is 2.06. The van der Waals surface area contributed by atoms with E-state index in [0.29, 0.717) is 24.0 Å². The quantitative estimate of drug-likeness (QED) is 0.769. The number of halogens is 1. The van der Waals surface area contributed by atoms with Crippen LogP contribution < -0.4 is 10.2 Å². The van der Waals surface area contributed by atoms with E-state index in [1.165, 1.54) is 11.0 Å². The van der Waals surface area contributed by atoms with Crippen molar-refractivity contribution < 1.29 is 14.0 Å². The summed E-state index contributed by atoms with van der Waals surface area (Å²) < 4.78 is 13.9. The first kappa shape index (κ1) is 15.3. The molecule has 2 N–H and O–H groups in total. The predicted molar refractivity (Wildman–Crippen MR) is 90.7 cm³/mol. The lowest BCUT2D eigenvalue weighted by atomic mass is 10.1. The van der Waals surface area contributed by atoms with Crippen LogP contribution in [0.3, 0.4) is 0 Å². The van der Waals surface area contributed by atoms with E-state index in [9.17, 15) is 14.0 Å². The van der Waals surface area contributed by atoms with Gasteiger partial charge in [-0.1, -0.05) is 24.3 Å². The third-order valence-electron chi connectivity index (χ3n) is 4.38. The van der Waals surface area contributed by atoms with Gasteiger partial charge in [0.05, 0.1) is 23.0 Å². The van der Waals surface area contributed by atoms with Gasteiger partial charge in [-0.2, -0.15) is 5.10 Å². The highest BCUT2D eigenvalue weighted by Gasteiger charge is 2.35. The van der Waals surface area contributed by atoms with E-state index < -0.39 is 11.9 Å². The molecule has 126 valence electrons. The number of fused-ring (bicyclic) bond motifs is 1. The van der Waals surface area contributed by atoms with Crippen LogP contribution in [0.5, 0.6) is 0 Å². The fraction of sp³-hybridized carbons (Fsp3) is 0.167. The van der Waals surface area contributed by atoms with Gasteiger partial charge in [0.2, 0.25) is 5.91 Å². The maximum Gasteiger partial charge on any atom is 0.254 e. The number of H-pyrrole nitrogens is 1. The lowest BCUT2D eigenvalue weighted by Gasteiger charge is -2.18. The van der Waals surface area contributed by atoms with Crippen molar-refractivity contribution in [2.75, 3.05) is 11.4 Å². The SMILES string of the molecule is O=C(N[C@@H]1CCN(c2ccccc2F)C1=O)c1cccc2cn[nH]c12. The summed E-state index contributed by atoms with van der Waals surface area (Å²) in [6.45, 7) is 0.360. The van der Waals surface area contributed by atoms with Crippen LogP contribution in [0.25, 0.3) is 10.9 Å². The lowest BCUT2D eigenvalue weighted by molar-refractivity contribution is -0.118. The largest absolute Gasteiger partial charge is 0.340 e. The highest BCUT2D eigenvalue weighted by atomic mass is 19.1. The van der Waals surface area contributed by atoms with E-state index in [-0.39, 0.29) is 17.5 Å². The summed E-state index contributed by atoms with van der Waals surface area (Å²) in [7, 11) is 0. The number of hydrogen-bond acceptors (Lipinski definition) is 3. The third-order valence-corrected chi connectivity index (χ3v) is 4.38. The molecule has 25 heavy (non-hydrogen) atoms. The second-order valence-electron chi connectivity index (χ2n) is 5.90. The Morgan fingerprint density at radius 3 is 2.92 bits per heavy atom. The summed E-state index contributed by atoms with van der Waals surface area (Å²) in [6, 6.07) is 10.7. The molecule has 0 aliphatic carbocycles. The second kappa shape index (κ2) is 6.01. The van der Waals surface area contributed by atoms with Crippen LogP contribution >= 0.6 is 0 Å². The molecule has 6 nitrogen and oxygen atoms in total. The zero-order valence-electron chi connectivity index (χ0n) is 13.2. The van der Waals surface area contributed by atoms with E-state index in [2.05, 4.69) is 15.5 Å². The topological polar surface area (TPSA) is 78.1 Å². The number of amides is 2. The van der Waals surface area contributed by atoms with Gasteiger partial charge in [-0.25, -0.2) is 4.39 Å². The smallest absolute Gasteiger partial charge is 0.254 e. The van der Waals surface area contributed by atoms with Gasteiger partial charge < -0.3 is 10.2 Å². The third kappa shape index (κ3) is 2.63. The Morgan fingerprint density at radius 1 is 1.24 bits per heavy atom. The zero-order valence-corrected chi connectivity index (χ0v) is 13.2. The van der Waals surface area contributed by atoms with Crippen LogP contribution in [0.1, 0.15) is 16.8 Å². The fourth-order valence-electron chi connectivity index (χ4n) is 3.12. The van der Waals surface area contributed by atoms with Crippen molar-refractivity contribution in [3.05, 3.63) is 60.0 Å². The van der Waals surface area contributed by atoms with Crippen LogP contribution in [0.2, 0.25) is 0 Å². The average Bonchev–Trinajstić information content (AvgIpc) is 3.23. The highest BCUT2D eigenvalue weighted by Crippen LogP contribution is 2.25. The number of aromatic amines is 1. The standard InChI is InChI=1S/C18H15FN4O2/c19-13-6-1-2-7-15(13)23-9-8-14(18(23)25)21-17(24)12-5-3-4-11-10-20-22-16(11)12/h1-7,10,14H,8-9H2,(H,20,22)(H,21,24)/t14-/m1/s1. The van der Waals surface area contributed by atoms with Crippen LogP contribution in [-0.2, 0) is 4.79 Å². The van der Waals surface area contributed by atoms with Gasteiger partial charge in [-0.3, -0.25) is 14.7 Å². The molecule has 1 fully saturated rings. The number of carbonyl (C=O) groups excluding carboxylic acids is 2. The average molecular weight is 338 g/mol. The van der Waals surface area contributed by atoms with Gasteiger partial charge in [0.25, 0.3) is 5.91 Å². The highest BCUT2D eigenvalue weighted by molar-refractivity contribution is 6.08. The first-order valence-electron chi connectivity index (χ1n) is 7.94. The molecule has 3 aromatic rings. The van der Waals surface area contributed by atoms with Gasteiger partial charge in [-0.15, -0.1) is 0 Å². The minimum Gasteiger partial charge on any atom is -0.340 e. The monoisotopic (exact) mass is 338 g/mol. The van der Waals surface area contributed by atoms with Gasteiger partial charge in [-0.05, 0) is 24.6 Å². The fourth-order valence-corrected chi connectivity index (χ4v) is 3.12. The molecular formula is C18H15FN4O2. The van der Waals surface area contributed by atoms with Crippen LogP contribution in [-0.4, -0.2) is 34.6 Å². The van der Waals surface area contributed by atoms with Gasteiger partial charge in [0.15, 0.2) is 0 Å². The number of nitrogens with one attached hydrogen (secondary N) is 2. The number of benzene rings is 2. The van der Waals surface area contributed by atoms with Crippen molar-refractivity contribution in [2.45, 2.75) is 12.5 Å². The Bertz CT molecular complexity index is 968. The molecule has 2 aromatic carbocycles. The maximum absolute atomic E-state index is 13.9. The Morgan fingerprint density at radius 2 is 2.08 bits per heavy atom. The molecule has 2 heterocycles. The molecule has 4 rings (SSSR count). The molecule has 1 aliphatic rings. The molecule has 0 radical (unpaired) electrons. The van der Waals surface area contributed by atoms with Crippen molar-refractivity contribution in [2.24, 2.45) is 0 Å². The number of anilines is 1. The summed E-state index contributed by atoms with van der Waals surface area (Å²) >= 11 is 0. The van der Waals surface area contributed by atoms with Gasteiger partial charge in [0, 0.05) is 11.9 Å². The first-order valence-corrected chi connectivity index (χ1v) is 7.94. The molecule has 1 saturated heterocycles. The van der Waals surface area contributed by atoms with Crippen molar-refractivity contribution in [3.63, 3.8) is 0 Å². The summed E-state index contributed by atoms with van der Waals surface area (Å²) in [5.74, 6) is -1.12. The molecule has 1 aromatic heterocycles. The minimum atomic E-state index is -0.676. The Hall–Kier alpha value is -3.22. The van der Waals surface area contributed by atoms with E-state index in [1.54, 1.807) is 36.5 Å². The number of hydrogen-bond donors (Lipinski definition) is 2. The number of aromatic nitrogens is 2. The van der Waals surface area contributed by atoms with E-state index in [1.807, 2.05) is 6.07 Å². The molecule has 0 unspecified atom stereocenters. The van der Waals surface area contributed by atoms with Crippen molar-refractivity contribution >= 4 is 28.4 Å². The number of nitrogens with zero attached hydrogens (tertiary/aromatic N) is 2. The number of para-hydroxylation sites is 2. The summed E-state index contributed by atoms with van der Waals surface area (Å²) in [5.41, 5.74) is 1.28. The number of rotatable bonds is 3. The maximum atomic E-state index is 13.9. The Labute approximate surface area is 142 Å². The van der Waals surface area contributed by atoms with Gasteiger partial charge >= 0.3 is 0 Å². The van der Waals surface area contributed by atoms with E-state index in [4.69, 9.17) is 0 Å². The van der Waals surface area contributed by atoms with Crippen LogP contribution in [0, 0.1) is 5.82 Å². The molecule has 0 saturated carbocycles. The molecule has 1 aliphatic heterocycles. The molecule has 0 spiro atoms. The van der Waals surface area contributed by atoms with Crippen LogP contribution in [0.15, 0.2) is 48.7 Å². The lowest BCUT2D eigenvalue weighted by Crippen LogP contribution is -2.41. The first-order chi connectivity index (χ1) is 12.1. The summed E-state index contributed by atoms with van der Waals surface area (Å²) in [5, 5.41) is 10.3. The normalized spacial score (nSPS) is 17.2. The number of carbonyl (C=O) groups is 2. The predicted octanol–water partition coefficient (Wildman–Crippen LogP) is 2.24. The Balaban J connectivity index is 1.54. The van der Waals surface area contributed by atoms with E-state index >= 15 is 0 Å². The minimum absolute atomic E-state index is 0.236. The molecule has 0 bridgehead atoms. The van der Waals surface area contributed by atoms with Crippen LogP contribution in [0.4, 0.5) is 10.1 Å². The van der Waals surface area contributed by atoms with Crippen molar-refractivity contribution in [3.8, 4) is 0 Å². The Kier molecular flexibility index (Phi) is 3.68. The van der Waals surface area contributed by atoms with Crippen molar-refractivity contribution in [1.29, 1.82) is 0 Å². The summed E-state index contributed by atoms with van der Waals surface area (Å²) in [4.78, 5) is 26.5. The van der Waals surface area contributed by atoms with E-state index in [0.717, 1.165) is 5.39 Å². The van der Waals surface area contributed by atoms with Crippen molar-refractivity contribution in [1.82, 2.24) is 15.5 Å².